The van der Waals surface area contributed by atoms with Crippen LogP contribution in [0.4, 0.5) is 5.69 Å². The van der Waals surface area contributed by atoms with Crippen molar-refractivity contribution in [1.29, 1.82) is 0 Å². The van der Waals surface area contributed by atoms with E-state index >= 15 is 0 Å². The Hall–Kier alpha value is -1.77. The van der Waals surface area contributed by atoms with Crippen molar-refractivity contribution in [3.05, 3.63) is 36.0 Å². The molecule has 2 N–H and O–H groups in total. The third kappa shape index (κ3) is 2.33. The van der Waals surface area contributed by atoms with E-state index in [4.69, 9.17) is 5.73 Å². The Kier molecular flexibility index (Phi) is 2.69. The first-order valence-electron chi connectivity index (χ1n) is 5.81. The maximum atomic E-state index is 5.71. The molecule has 0 unspecified atom stereocenters. The van der Waals surface area contributed by atoms with Gasteiger partial charge in [-0.2, -0.15) is 5.10 Å². The summed E-state index contributed by atoms with van der Waals surface area (Å²) in [7, 11) is 0. The van der Waals surface area contributed by atoms with Crippen LogP contribution in [0, 0.1) is 6.92 Å². The highest BCUT2D eigenvalue weighted by atomic mass is 15.3. The number of rotatable bonds is 1. The maximum Gasteiger partial charge on any atom is 0.0691 e. The van der Waals surface area contributed by atoms with Gasteiger partial charge in [0.05, 0.1) is 16.9 Å². The number of nitrogen functional groups attached to an aromatic ring is 1. The van der Waals surface area contributed by atoms with E-state index in [1.807, 2.05) is 31.2 Å². The van der Waals surface area contributed by atoms with E-state index in [1.54, 1.807) is 0 Å². The van der Waals surface area contributed by atoms with Gasteiger partial charge in [-0.15, -0.1) is 0 Å². The number of aromatic nitrogens is 2. The Morgan fingerprint density at radius 1 is 1.12 bits per heavy atom. The quantitative estimate of drug-likeness (QED) is 0.763. The lowest BCUT2D eigenvalue weighted by Gasteiger charge is -2.22. The van der Waals surface area contributed by atoms with E-state index in [2.05, 4.69) is 36.6 Å². The predicted octanol–water partition coefficient (Wildman–Crippen LogP) is 3.20. The van der Waals surface area contributed by atoms with Gasteiger partial charge in [0.2, 0.25) is 0 Å². The molecule has 1 heterocycles. The summed E-state index contributed by atoms with van der Waals surface area (Å²) in [5.41, 5.74) is 9.79. The summed E-state index contributed by atoms with van der Waals surface area (Å²) in [5, 5.41) is 4.57. The van der Waals surface area contributed by atoms with E-state index in [9.17, 15) is 0 Å². The summed E-state index contributed by atoms with van der Waals surface area (Å²) in [6, 6.07) is 10.0. The number of anilines is 1. The monoisotopic (exact) mass is 229 g/mol. The number of nitrogens with zero attached hydrogens (tertiary/aromatic N) is 2. The van der Waals surface area contributed by atoms with Crippen LogP contribution in [0.1, 0.15) is 26.5 Å². The lowest BCUT2D eigenvalue weighted by atomic mass is 10.1. The fourth-order valence-electron chi connectivity index (χ4n) is 1.87. The average molecular weight is 229 g/mol. The van der Waals surface area contributed by atoms with E-state index in [-0.39, 0.29) is 5.54 Å². The van der Waals surface area contributed by atoms with Gasteiger partial charge in [0.25, 0.3) is 0 Å². The van der Waals surface area contributed by atoms with Crippen LogP contribution in [0.5, 0.6) is 0 Å². The first-order chi connectivity index (χ1) is 7.88. The van der Waals surface area contributed by atoms with Crippen LogP contribution in [0.2, 0.25) is 0 Å². The van der Waals surface area contributed by atoms with Gasteiger partial charge in [0, 0.05) is 5.69 Å². The molecule has 0 amide bonds. The Morgan fingerprint density at radius 3 is 2.24 bits per heavy atom. The highest BCUT2D eigenvalue weighted by molar-refractivity contribution is 5.63. The molecule has 0 radical (unpaired) electrons. The Balaban J connectivity index is 2.55. The fraction of sp³-hybridized carbons (Fsp3) is 0.357. The minimum Gasteiger partial charge on any atom is -0.399 e. The van der Waals surface area contributed by atoms with Gasteiger partial charge in [-0.1, -0.05) is 12.1 Å². The summed E-state index contributed by atoms with van der Waals surface area (Å²) in [4.78, 5) is 0. The number of hydrogen-bond donors (Lipinski definition) is 1. The van der Waals surface area contributed by atoms with E-state index in [0.29, 0.717) is 0 Å². The molecule has 90 valence electrons. The van der Waals surface area contributed by atoms with Crippen molar-refractivity contribution in [3.8, 4) is 11.3 Å². The Morgan fingerprint density at radius 2 is 1.71 bits per heavy atom. The topological polar surface area (TPSA) is 43.8 Å². The molecule has 0 fully saturated rings. The molecule has 0 aliphatic rings. The number of nitrogens with two attached hydrogens (primary N) is 1. The van der Waals surface area contributed by atoms with Gasteiger partial charge in [-0.05, 0) is 51.5 Å². The SMILES string of the molecule is Cc1cc(-c2ccc(N)cc2)n(C(C)(C)C)n1. The second-order valence-corrected chi connectivity index (χ2v) is 5.38. The lowest BCUT2D eigenvalue weighted by Crippen LogP contribution is -2.24. The fourth-order valence-corrected chi connectivity index (χ4v) is 1.87. The van der Waals surface area contributed by atoms with Gasteiger partial charge < -0.3 is 5.73 Å². The van der Waals surface area contributed by atoms with E-state index in [0.717, 1.165) is 22.6 Å². The van der Waals surface area contributed by atoms with E-state index in [1.165, 1.54) is 0 Å². The highest BCUT2D eigenvalue weighted by Crippen LogP contribution is 2.26. The van der Waals surface area contributed by atoms with Crippen molar-refractivity contribution in [2.24, 2.45) is 0 Å². The molecule has 0 aliphatic heterocycles. The predicted molar refractivity (Wildman–Crippen MR) is 71.8 cm³/mol. The molecule has 2 aromatic rings. The zero-order chi connectivity index (χ0) is 12.6. The molecule has 3 heteroatoms. The number of aryl methyl sites for hydroxylation is 1. The second kappa shape index (κ2) is 3.91. The normalized spacial score (nSPS) is 11.8. The van der Waals surface area contributed by atoms with Crippen molar-refractivity contribution in [2.75, 3.05) is 5.73 Å². The average Bonchev–Trinajstić information content (AvgIpc) is 2.61. The minimum absolute atomic E-state index is 0.0228. The Labute approximate surface area is 102 Å². The molecule has 0 saturated heterocycles. The van der Waals surface area contributed by atoms with Crippen molar-refractivity contribution >= 4 is 5.69 Å². The van der Waals surface area contributed by atoms with Gasteiger partial charge >= 0.3 is 0 Å². The third-order valence-electron chi connectivity index (χ3n) is 2.67. The second-order valence-electron chi connectivity index (χ2n) is 5.38. The Bertz CT molecular complexity index is 515. The third-order valence-corrected chi connectivity index (χ3v) is 2.67. The summed E-state index contributed by atoms with van der Waals surface area (Å²) in [6.07, 6.45) is 0. The first kappa shape index (κ1) is 11.7. The summed E-state index contributed by atoms with van der Waals surface area (Å²) >= 11 is 0. The molecule has 0 saturated carbocycles. The van der Waals surface area contributed by atoms with Crippen LogP contribution in [-0.4, -0.2) is 9.78 Å². The van der Waals surface area contributed by atoms with Gasteiger partial charge in [0.15, 0.2) is 0 Å². The van der Waals surface area contributed by atoms with Gasteiger partial charge in [0.1, 0.15) is 0 Å². The van der Waals surface area contributed by atoms with E-state index < -0.39 is 0 Å². The van der Waals surface area contributed by atoms with Crippen molar-refractivity contribution in [2.45, 2.75) is 33.2 Å². The maximum absolute atomic E-state index is 5.71. The standard InChI is InChI=1S/C14H19N3/c1-10-9-13(17(16-10)14(2,3)4)11-5-7-12(15)8-6-11/h5-9H,15H2,1-4H3. The largest absolute Gasteiger partial charge is 0.399 e. The summed E-state index contributed by atoms with van der Waals surface area (Å²) in [6.45, 7) is 8.48. The zero-order valence-electron chi connectivity index (χ0n) is 10.9. The molecule has 17 heavy (non-hydrogen) atoms. The van der Waals surface area contributed by atoms with Gasteiger partial charge in [-0.25, -0.2) is 0 Å². The zero-order valence-corrected chi connectivity index (χ0v) is 10.9. The van der Waals surface area contributed by atoms with Crippen LogP contribution < -0.4 is 5.73 Å². The molecular formula is C14H19N3. The summed E-state index contributed by atoms with van der Waals surface area (Å²) < 4.78 is 2.06. The molecule has 1 aromatic heterocycles. The molecule has 1 aromatic carbocycles. The number of hydrogen-bond acceptors (Lipinski definition) is 2. The molecule has 0 bridgehead atoms. The molecule has 0 aliphatic carbocycles. The van der Waals surface area contributed by atoms with Crippen molar-refractivity contribution in [3.63, 3.8) is 0 Å². The first-order valence-corrected chi connectivity index (χ1v) is 5.81. The molecule has 0 spiro atoms. The smallest absolute Gasteiger partial charge is 0.0691 e. The van der Waals surface area contributed by atoms with Crippen LogP contribution >= 0.6 is 0 Å². The minimum atomic E-state index is -0.0228. The molecular weight excluding hydrogens is 210 g/mol. The lowest BCUT2D eigenvalue weighted by molar-refractivity contribution is 0.358. The highest BCUT2D eigenvalue weighted by Gasteiger charge is 2.19. The molecule has 0 atom stereocenters. The summed E-state index contributed by atoms with van der Waals surface area (Å²) in [5.74, 6) is 0. The molecule has 3 nitrogen and oxygen atoms in total. The van der Waals surface area contributed by atoms with Crippen molar-refractivity contribution < 1.29 is 0 Å². The van der Waals surface area contributed by atoms with Crippen molar-refractivity contribution in [1.82, 2.24) is 9.78 Å². The van der Waals surface area contributed by atoms with Crippen LogP contribution in [0.3, 0.4) is 0 Å². The number of benzene rings is 1. The van der Waals surface area contributed by atoms with Gasteiger partial charge in [-0.3, -0.25) is 4.68 Å². The van der Waals surface area contributed by atoms with Crippen LogP contribution in [0.15, 0.2) is 30.3 Å². The van der Waals surface area contributed by atoms with Crippen LogP contribution in [-0.2, 0) is 5.54 Å². The molecule has 2 rings (SSSR count). The van der Waals surface area contributed by atoms with Crippen LogP contribution in [0.25, 0.3) is 11.3 Å².